The van der Waals surface area contributed by atoms with Gasteiger partial charge in [0.1, 0.15) is 36.2 Å². The van der Waals surface area contributed by atoms with E-state index in [-0.39, 0.29) is 30.4 Å². The molecule has 0 aromatic heterocycles. The van der Waals surface area contributed by atoms with Crippen molar-refractivity contribution in [1.82, 2.24) is 24.9 Å². The van der Waals surface area contributed by atoms with Crippen LogP contribution in [0, 0.1) is 0 Å². The third-order valence-electron chi connectivity index (χ3n) is 12.1. The fourth-order valence-corrected chi connectivity index (χ4v) is 8.75. The summed E-state index contributed by atoms with van der Waals surface area (Å²) in [4.78, 5) is 49.3. The first-order chi connectivity index (χ1) is 26.7. The number of hydrogen-bond acceptors (Lipinski definition) is 10. The first-order valence-electron chi connectivity index (χ1n) is 20.0. The highest BCUT2D eigenvalue weighted by atomic mass is 16.7. The molecule has 0 unspecified atom stereocenters. The molecule has 2 aromatic rings. The van der Waals surface area contributed by atoms with Crippen molar-refractivity contribution in [2.24, 2.45) is 0 Å². The number of aliphatic hydroxyl groups is 4. The number of carbonyl (C=O) groups excluding carboxylic acids is 3. The number of rotatable bonds is 9. The SMILES string of the molecule is O=C(N[C@H](Cc1ccc(O[C@@H]2O[C@H](CO)[C@H](O)[C@H](O)[C@H]2O)cc1)C(=O)N1CCC(N2CCCCC2)CC1)N1CCC(N2CCc3ccccc3NC2=O)CC1. The van der Waals surface area contributed by atoms with E-state index < -0.39 is 43.4 Å². The maximum absolute atomic E-state index is 14.2. The van der Waals surface area contributed by atoms with Crippen LogP contribution in [0.4, 0.5) is 15.3 Å². The maximum Gasteiger partial charge on any atom is 0.322 e. The highest BCUT2D eigenvalue weighted by molar-refractivity contribution is 5.91. The van der Waals surface area contributed by atoms with Crippen molar-refractivity contribution in [1.29, 1.82) is 0 Å². The molecule has 6 atom stereocenters. The number of aliphatic hydroxyl groups excluding tert-OH is 4. The van der Waals surface area contributed by atoms with Gasteiger partial charge in [-0.15, -0.1) is 0 Å². The van der Waals surface area contributed by atoms with Gasteiger partial charge < -0.3 is 60.1 Å². The van der Waals surface area contributed by atoms with Crippen molar-refractivity contribution in [3.8, 4) is 5.75 Å². The number of piperidine rings is 3. The van der Waals surface area contributed by atoms with Gasteiger partial charge in [0.25, 0.3) is 0 Å². The number of hydrogen-bond donors (Lipinski definition) is 6. The quantitative estimate of drug-likeness (QED) is 0.219. The summed E-state index contributed by atoms with van der Waals surface area (Å²) in [5.41, 5.74) is 2.72. The molecule has 5 heterocycles. The molecule has 2 aromatic carbocycles. The lowest BCUT2D eigenvalue weighted by atomic mass is 9.98. The number of urea groups is 2. The minimum Gasteiger partial charge on any atom is -0.462 e. The smallest absolute Gasteiger partial charge is 0.322 e. The van der Waals surface area contributed by atoms with Crippen LogP contribution in [0.2, 0.25) is 0 Å². The molecule has 0 spiro atoms. The van der Waals surface area contributed by atoms with Gasteiger partial charge in [-0.1, -0.05) is 36.8 Å². The summed E-state index contributed by atoms with van der Waals surface area (Å²) in [6, 6.07) is 13.9. The molecule has 4 fully saturated rings. The van der Waals surface area contributed by atoms with E-state index in [0.29, 0.717) is 57.4 Å². The Labute approximate surface area is 322 Å². The zero-order valence-corrected chi connectivity index (χ0v) is 31.4. The standard InChI is InChI=1S/C40H56N6O9/c47-25-33-34(48)35(49)36(50)38(55-33)54-30-10-8-26(9-11-30)24-32(37(51)44-19-13-28(14-20-44)43-17-4-1-5-18-43)42-39(52)45-21-15-29(16-22-45)46-23-12-27-6-2-3-7-31(27)41-40(46)53/h2-3,6-11,28-29,32-36,38,47-50H,1,4-5,12-25H2,(H,41,53)(H,42,52)/t32-,33-,34+,35+,36-,38-/m1/s1. The molecule has 0 aliphatic carbocycles. The van der Waals surface area contributed by atoms with Gasteiger partial charge in [0, 0.05) is 56.9 Å². The van der Waals surface area contributed by atoms with E-state index in [2.05, 4.69) is 15.5 Å². The summed E-state index contributed by atoms with van der Waals surface area (Å²) < 4.78 is 11.2. The van der Waals surface area contributed by atoms with Gasteiger partial charge in [-0.05, 0) is 87.4 Å². The summed E-state index contributed by atoms with van der Waals surface area (Å²) in [5.74, 6) is 0.187. The number of nitrogens with one attached hydrogen (secondary N) is 2. The monoisotopic (exact) mass is 764 g/mol. The van der Waals surface area contributed by atoms with Crippen LogP contribution in [-0.4, -0.2) is 159 Å². The molecule has 0 radical (unpaired) electrons. The summed E-state index contributed by atoms with van der Waals surface area (Å²) in [6.07, 6.45) is 0.764. The number of anilines is 1. The molecule has 5 aliphatic rings. The molecule has 7 rings (SSSR count). The van der Waals surface area contributed by atoms with Crippen LogP contribution in [0.15, 0.2) is 48.5 Å². The average Bonchev–Trinajstić information content (AvgIpc) is 3.39. The fraction of sp³-hybridized carbons (Fsp3) is 0.625. The molecule has 5 aliphatic heterocycles. The van der Waals surface area contributed by atoms with Gasteiger partial charge in [-0.3, -0.25) is 4.79 Å². The molecule has 0 bridgehead atoms. The molecular formula is C40H56N6O9. The number of likely N-dealkylation sites (tertiary alicyclic amines) is 3. The van der Waals surface area contributed by atoms with Gasteiger partial charge in [0.05, 0.1) is 6.61 Å². The number of para-hydroxylation sites is 1. The zero-order valence-electron chi connectivity index (χ0n) is 31.4. The molecule has 15 nitrogen and oxygen atoms in total. The summed E-state index contributed by atoms with van der Waals surface area (Å²) >= 11 is 0. The lowest BCUT2D eigenvalue weighted by molar-refractivity contribution is -0.277. The molecule has 55 heavy (non-hydrogen) atoms. The normalized spacial score (nSPS) is 27.8. The first-order valence-corrected chi connectivity index (χ1v) is 20.0. The third-order valence-corrected chi connectivity index (χ3v) is 12.1. The van der Waals surface area contributed by atoms with Crippen LogP contribution < -0.4 is 15.4 Å². The van der Waals surface area contributed by atoms with E-state index in [0.717, 1.165) is 49.2 Å². The number of benzene rings is 2. The minimum atomic E-state index is -1.56. The largest absolute Gasteiger partial charge is 0.462 e. The van der Waals surface area contributed by atoms with E-state index in [1.165, 1.54) is 19.3 Å². The average molecular weight is 765 g/mol. The third kappa shape index (κ3) is 9.19. The summed E-state index contributed by atoms with van der Waals surface area (Å²) in [7, 11) is 0. The molecule has 4 saturated heterocycles. The van der Waals surface area contributed by atoms with Crippen molar-refractivity contribution < 1.29 is 44.3 Å². The Hall–Kier alpha value is -3.99. The Balaban J connectivity index is 0.985. The Bertz CT molecular complexity index is 1610. The molecular weight excluding hydrogens is 708 g/mol. The number of amides is 5. The van der Waals surface area contributed by atoms with Crippen molar-refractivity contribution >= 4 is 23.7 Å². The molecule has 15 heteroatoms. The van der Waals surface area contributed by atoms with Crippen LogP contribution in [0.5, 0.6) is 5.75 Å². The second-order valence-electron chi connectivity index (χ2n) is 15.6. The second kappa shape index (κ2) is 17.9. The number of carbonyl (C=O) groups is 3. The van der Waals surface area contributed by atoms with Crippen LogP contribution in [0.1, 0.15) is 56.1 Å². The Morgan fingerprint density at radius 2 is 1.49 bits per heavy atom. The number of nitrogens with zero attached hydrogens (tertiary/aromatic N) is 4. The van der Waals surface area contributed by atoms with Gasteiger partial charge in [-0.2, -0.15) is 0 Å². The number of fused-ring (bicyclic) bond motifs is 1. The highest BCUT2D eigenvalue weighted by Crippen LogP contribution is 2.27. The van der Waals surface area contributed by atoms with Gasteiger partial charge in [0.2, 0.25) is 12.2 Å². The Kier molecular flexibility index (Phi) is 12.7. The summed E-state index contributed by atoms with van der Waals surface area (Å²) in [5, 5.41) is 46.3. The fourth-order valence-electron chi connectivity index (χ4n) is 8.75. The van der Waals surface area contributed by atoms with Crippen molar-refractivity contribution in [2.45, 2.75) is 107 Å². The van der Waals surface area contributed by atoms with E-state index in [4.69, 9.17) is 9.47 Å². The van der Waals surface area contributed by atoms with Crippen LogP contribution in [0.3, 0.4) is 0 Å². The molecule has 5 amide bonds. The Morgan fingerprint density at radius 3 is 2.20 bits per heavy atom. The topological polar surface area (TPSA) is 188 Å². The van der Waals surface area contributed by atoms with Crippen molar-refractivity contribution in [2.75, 3.05) is 57.7 Å². The highest BCUT2D eigenvalue weighted by Gasteiger charge is 2.45. The van der Waals surface area contributed by atoms with Crippen LogP contribution >= 0.6 is 0 Å². The van der Waals surface area contributed by atoms with Crippen LogP contribution in [0.25, 0.3) is 0 Å². The van der Waals surface area contributed by atoms with Gasteiger partial charge in [0.15, 0.2) is 0 Å². The van der Waals surface area contributed by atoms with Crippen molar-refractivity contribution in [3.05, 3.63) is 59.7 Å². The van der Waals surface area contributed by atoms with Gasteiger partial charge >= 0.3 is 12.1 Å². The molecule has 0 saturated carbocycles. The number of ether oxygens (including phenoxy) is 2. The lowest BCUT2D eigenvalue weighted by Crippen LogP contribution is -2.60. The van der Waals surface area contributed by atoms with Gasteiger partial charge in [-0.25, -0.2) is 9.59 Å². The maximum atomic E-state index is 14.2. The first kappa shape index (κ1) is 39.3. The lowest BCUT2D eigenvalue weighted by Gasteiger charge is -2.41. The van der Waals surface area contributed by atoms with E-state index in [1.54, 1.807) is 29.2 Å². The van der Waals surface area contributed by atoms with E-state index in [9.17, 15) is 34.8 Å². The minimum absolute atomic E-state index is 0.000651. The summed E-state index contributed by atoms with van der Waals surface area (Å²) in [6.45, 7) is 4.44. The molecule has 300 valence electrons. The van der Waals surface area contributed by atoms with Crippen LogP contribution in [-0.2, 0) is 22.4 Å². The Morgan fingerprint density at radius 1 is 0.818 bits per heavy atom. The zero-order chi connectivity index (χ0) is 38.5. The predicted octanol–water partition coefficient (Wildman–Crippen LogP) is 1.52. The second-order valence-corrected chi connectivity index (χ2v) is 15.6. The van der Waals surface area contributed by atoms with E-state index >= 15 is 0 Å². The molecule has 6 N–H and O–H groups in total. The van der Waals surface area contributed by atoms with E-state index in [1.807, 2.05) is 34.1 Å². The van der Waals surface area contributed by atoms with Crippen molar-refractivity contribution in [3.63, 3.8) is 0 Å². The predicted molar refractivity (Wildman–Crippen MR) is 202 cm³/mol.